The lowest BCUT2D eigenvalue weighted by molar-refractivity contribution is -0.136. The zero-order valence-electron chi connectivity index (χ0n) is 15.6. The number of aryl methyl sites for hydroxylation is 1. The van der Waals surface area contributed by atoms with Crippen molar-refractivity contribution in [1.82, 2.24) is 15.1 Å². The SMILES string of the molecule is CSCC(C)NC(=O)c1ccc(-n2nc(C)c(CCC(=O)O)c2C)cc1. The van der Waals surface area contributed by atoms with E-state index >= 15 is 0 Å². The highest BCUT2D eigenvalue weighted by Crippen LogP contribution is 2.20. The van der Waals surface area contributed by atoms with Crippen LogP contribution in [0.3, 0.4) is 0 Å². The van der Waals surface area contributed by atoms with E-state index in [-0.39, 0.29) is 18.4 Å². The van der Waals surface area contributed by atoms with Gasteiger partial charge in [-0.25, -0.2) is 4.68 Å². The van der Waals surface area contributed by atoms with Crippen LogP contribution < -0.4 is 5.32 Å². The molecule has 6 nitrogen and oxygen atoms in total. The van der Waals surface area contributed by atoms with E-state index in [4.69, 9.17) is 5.11 Å². The standard InChI is InChI=1S/C19H25N3O3S/c1-12(11-26-4)20-19(25)15-5-7-16(8-6-15)22-14(3)17(13(2)21-22)9-10-18(23)24/h5-8,12H,9-11H2,1-4H3,(H,20,25)(H,23,24). The van der Waals surface area contributed by atoms with Gasteiger partial charge in [0.25, 0.3) is 5.91 Å². The van der Waals surface area contributed by atoms with Crippen LogP contribution in [0.15, 0.2) is 24.3 Å². The largest absolute Gasteiger partial charge is 0.481 e. The van der Waals surface area contributed by atoms with Crippen LogP contribution in [0.2, 0.25) is 0 Å². The van der Waals surface area contributed by atoms with Gasteiger partial charge in [0.2, 0.25) is 0 Å². The number of nitrogens with zero attached hydrogens (tertiary/aromatic N) is 2. The number of aromatic nitrogens is 2. The molecule has 2 rings (SSSR count). The predicted octanol–water partition coefficient (Wildman–Crippen LogP) is 2.99. The molecule has 140 valence electrons. The van der Waals surface area contributed by atoms with E-state index in [2.05, 4.69) is 10.4 Å². The van der Waals surface area contributed by atoms with E-state index < -0.39 is 5.97 Å². The highest BCUT2D eigenvalue weighted by molar-refractivity contribution is 7.98. The first-order chi connectivity index (χ1) is 12.3. The molecule has 1 amide bonds. The molecule has 0 radical (unpaired) electrons. The summed E-state index contributed by atoms with van der Waals surface area (Å²) in [5.41, 5.74) is 4.17. The average molecular weight is 375 g/mol. The van der Waals surface area contributed by atoms with Gasteiger partial charge >= 0.3 is 5.97 Å². The Morgan fingerprint density at radius 1 is 1.27 bits per heavy atom. The molecule has 1 heterocycles. The van der Waals surface area contributed by atoms with E-state index in [1.54, 1.807) is 28.6 Å². The van der Waals surface area contributed by atoms with Crippen molar-refractivity contribution in [2.75, 3.05) is 12.0 Å². The van der Waals surface area contributed by atoms with Crippen molar-refractivity contribution in [3.8, 4) is 5.69 Å². The molecular formula is C19H25N3O3S. The van der Waals surface area contributed by atoms with Crippen molar-refractivity contribution >= 4 is 23.6 Å². The van der Waals surface area contributed by atoms with Crippen LogP contribution in [0.4, 0.5) is 0 Å². The Morgan fingerprint density at radius 2 is 1.92 bits per heavy atom. The zero-order chi connectivity index (χ0) is 19.3. The number of carbonyl (C=O) groups excluding carboxylic acids is 1. The van der Waals surface area contributed by atoms with Crippen molar-refractivity contribution in [2.24, 2.45) is 0 Å². The number of benzene rings is 1. The molecule has 0 aliphatic carbocycles. The van der Waals surface area contributed by atoms with Crippen LogP contribution in [0, 0.1) is 13.8 Å². The monoisotopic (exact) mass is 375 g/mol. The Balaban J connectivity index is 2.17. The fraction of sp³-hybridized carbons (Fsp3) is 0.421. The van der Waals surface area contributed by atoms with E-state index in [0.29, 0.717) is 12.0 Å². The molecule has 0 saturated heterocycles. The first kappa shape index (κ1) is 20.0. The average Bonchev–Trinajstić information content (AvgIpc) is 2.87. The number of hydrogen-bond acceptors (Lipinski definition) is 4. The quantitative estimate of drug-likeness (QED) is 0.741. The number of carboxylic acid groups (broad SMARTS) is 1. The summed E-state index contributed by atoms with van der Waals surface area (Å²) < 4.78 is 1.80. The number of amides is 1. The molecule has 2 aromatic rings. The third-order valence-corrected chi connectivity index (χ3v) is 5.03. The van der Waals surface area contributed by atoms with Gasteiger partial charge in [-0.1, -0.05) is 0 Å². The Kier molecular flexibility index (Phi) is 6.85. The number of rotatable bonds is 8. The number of hydrogen-bond donors (Lipinski definition) is 2. The first-order valence-electron chi connectivity index (χ1n) is 8.50. The lowest BCUT2D eigenvalue weighted by Gasteiger charge is -2.13. The molecule has 0 spiro atoms. The van der Waals surface area contributed by atoms with Gasteiger partial charge in [-0.2, -0.15) is 16.9 Å². The number of aliphatic carboxylic acids is 1. The summed E-state index contributed by atoms with van der Waals surface area (Å²) in [5, 5.41) is 16.4. The van der Waals surface area contributed by atoms with Gasteiger partial charge in [0.1, 0.15) is 0 Å². The summed E-state index contributed by atoms with van der Waals surface area (Å²) >= 11 is 1.69. The molecule has 1 atom stereocenters. The summed E-state index contributed by atoms with van der Waals surface area (Å²) in [6.07, 6.45) is 2.55. The molecule has 0 aliphatic rings. The van der Waals surface area contributed by atoms with E-state index in [9.17, 15) is 9.59 Å². The van der Waals surface area contributed by atoms with Crippen molar-refractivity contribution in [3.05, 3.63) is 46.8 Å². The minimum absolute atomic E-state index is 0.0840. The fourth-order valence-corrected chi connectivity index (χ4v) is 3.46. The van der Waals surface area contributed by atoms with Gasteiger partial charge in [-0.3, -0.25) is 9.59 Å². The molecule has 1 aromatic heterocycles. The molecule has 0 bridgehead atoms. The van der Waals surface area contributed by atoms with Crippen LogP contribution in [0.25, 0.3) is 5.69 Å². The number of nitrogens with one attached hydrogen (secondary N) is 1. The molecule has 7 heteroatoms. The second-order valence-corrected chi connectivity index (χ2v) is 7.24. The number of thioether (sulfide) groups is 1. The van der Waals surface area contributed by atoms with Gasteiger partial charge in [-0.05, 0) is 63.3 Å². The fourth-order valence-electron chi connectivity index (χ4n) is 2.87. The van der Waals surface area contributed by atoms with Gasteiger partial charge < -0.3 is 10.4 Å². The zero-order valence-corrected chi connectivity index (χ0v) is 16.4. The van der Waals surface area contributed by atoms with Crippen molar-refractivity contribution < 1.29 is 14.7 Å². The van der Waals surface area contributed by atoms with Crippen molar-refractivity contribution in [1.29, 1.82) is 0 Å². The summed E-state index contributed by atoms with van der Waals surface area (Å²) in [6, 6.07) is 7.39. The predicted molar refractivity (Wildman–Crippen MR) is 104 cm³/mol. The normalized spacial score (nSPS) is 12.0. The number of carbonyl (C=O) groups is 2. The van der Waals surface area contributed by atoms with Crippen LogP contribution in [-0.4, -0.2) is 44.8 Å². The maximum atomic E-state index is 12.3. The van der Waals surface area contributed by atoms with E-state index in [0.717, 1.165) is 28.4 Å². The highest BCUT2D eigenvalue weighted by atomic mass is 32.2. The number of carboxylic acids is 1. The molecule has 1 aromatic carbocycles. The Hall–Kier alpha value is -2.28. The second-order valence-electron chi connectivity index (χ2n) is 6.33. The van der Waals surface area contributed by atoms with Gasteiger partial charge in [0.05, 0.1) is 11.4 Å². The summed E-state index contributed by atoms with van der Waals surface area (Å²) in [5.74, 6) is -0.0365. The topological polar surface area (TPSA) is 84.2 Å². The summed E-state index contributed by atoms with van der Waals surface area (Å²) in [4.78, 5) is 23.1. The minimum Gasteiger partial charge on any atom is -0.481 e. The van der Waals surface area contributed by atoms with Crippen LogP contribution in [0.1, 0.15) is 40.7 Å². The smallest absolute Gasteiger partial charge is 0.303 e. The molecular weight excluding hydrogens is 350 g/mol. The molecule has 26 heavy (non-hydrogen) atoms. The van der Waals surface area contributed by atoms with Gasteiger partial charge in [0.15, 0.2) is 0 Å². The van der Waals surface area contributed by atoms with Gasteiger partial charge in [0, 0.05) is 29.5 Å². The third kappa shape index (κ3) is 4.88. The minimum atomic E-state index is -0.817. The second kappa shape index (κ2) is 8.89. The van der Waals surface area contributed by atoms with Crippen LogP contribution >= 0.6 is 11.8 Å². The van der Waals surface area contributed by atoms with Crippen LogP contribution in [-0.2, 0) is 11.2 Å². The Morgan fingerprint density at radius 3 is 2.50 bits per heavy atom. The summed E-state index contributed by atoms with van der Waals surface area (Å²) in [7, 11) is 0. The molecule has 0 aliphatic heterocycles. The molecule has 1 unspecified atom stereocenters. The molecule has 0 saturated carbocycles. The van der Waals surface area contributed by atoms with Crippen LogP contribution in [0.5, 0.6) is 0 Å². The van der Waals surface area contributed by atoms with E-state index in [1.807, 2.05) is 39.2 Å². The van der Waals surface area contributed by atoms with E-state index in [1.165, 1.54) is 0 Å². The lowest BCUT2D eigenvalue weighted by Crippen LogP contribution is -2.34. The Bertz CT molecular complexity index is 784. The summed E-state index contributed by atoms with van der Waals surface area (Å²) in [6.45, 7) is 5.80. The molecule has 0 fully saturated rings. The van der Waals surface area contributed by atoms with Gasteiger partial charge in [-0.15, -0.1) is 0 Å². The van der Waals surface area contributed by atoms with Crippen molar-refractivity contribution in [2.45, 2.75) is 39.7 Å². The first-order valence-corrected chi connectivity index (χ1v) is 9.90. The maximum absolute atomic E-state index is 12.3. The Labute approximate surface area is 158 Å². The molecule has 2 N–H and O–H groups in total. The van der Waals surface area contributed by atoms with Crippen molar-refractivity contribution in [3.63, 3.8) is 0 Å². The lowest BCUT2D eigenvalue weighted by atomic mass is 10.1. The highest BCUT2D eigenvalue weighted by Gasteiger charge is 2.15. The maximum Gasteiger partial charge on any atom is 0.303 e. The third-order valence-electron chi connectivity index (χ3n) is 4.20.